The molecule has 0 unspecified atom stereocenters. The summed E-state index contributed by atoms with van der Waals surface area (Å²) in [6.07, 6.45) is 8.75. The van der Waals surface area contributed by atoms with Gasteiger partial charge in [0.05, 0.1) is 11.6 Å². The highest BCUT2D eigenvalue weighted by molar-refractivity contribution is 9.10. The highest BCUT2D eigenvalue weighted by atomic mass is 79.9. The van der Waals surface area contributed by atoms with Crippen molar-refractivity contribution in [3.63, 3.8) is 0 Å². The maximum atomic E-state index is 6.00. The molecular formula is C23H28BrCl2NO2. The summed E-state index contributed by atoms with van der Waals surface area (Å²) < 4.78 is 12.5. The second kappa shape index (κ2) is 12.5. The van der Waals surface area contributed by atoms with E-state index >= 15 is 0 Å². The zero-order chi connectivity index (χ0) is 19.8. The summed E-state index contributed by atoms with van der Waals surface area (Å²) >= 11 is 9.57. The van der Waals surface area contributed by atoms with Crippen molar-refractivity contribution in [2.45, 2.75) is 45.3 Å². The molecule has 29 heavy (non-hydrogen) atoms. The molecule has 0 saturated carbocycles. The van der Waals surface area contributed by atoms with Crippen LogP contribution in [0.5, 0.6) is 11.5 Å². The molecule has 0 saturated heterocycles. The van der Waals surface area contributed by atoms with Crippen molar-refractivity contribution in [2.75, 3.05) is 13.7 Å². The topological polar surface area (TPSA) is 30.5 Å². The van der Waals surface area contributed by atoms with Crippen LogP contribution in [0.25, 0.3) is 0 Å². The molecule has 0 spiro atoms. The van der Waals surface area contributed by atoms with Gasteiger partial charge in [0.2, 0.25) is 0 Å². The lowest BCUT2D eigenvalue weighted by Crippen LogP contribution is -2.16. The maximum Gasteiger partial charge on any atom is 0.175 e. The Hall–Kier alpha value is -1.20. The van der Waals surface area contributed by atoms with E-state index in [-0.39, 0.29) is 12.4 Å². The predicted octanol–water partition coefficient (Wildman–Crippen LogP) is 7.09. The van der Waals surface area contributed by atoms with Crippen molar-refractivity contribution in [1.29, 1.82) is 0 Å². The summed E-state index contributed by atoms with van der Waals surface area (Å²) in [6.45, 7) is 2.26. The number of halogens is 3. The van der Waals surface area contributed by atoms with Gasteiger partial charge < -0.3 is 14.8 Å². The standard InChI is InChI=1S/C23H27BrClNO2.ClH/c1-27-22-14-19(15-26-12-11-17-5-3-2-4-6-17)13-21(24)23(22)28-16-18-7-9-20(25)10-8-18;/h5,7-10,13-14,26H,2-4,6,11-12,15-16H2,1H3;1H. The number of methoxy groups -OCH3 is 1. The molecule has 1 aliphatic rings. The first-order valence-corrected chi connectivity index (χ1v) is 10.9. The zero-order valence-electron chi connectivity index (χ0n) is 16.7. The fourth-order valence-corrected chi connectivity index (χ4v) is 4.09. The number of nitrogens with one attached hydrogen (secondary N) is 1. The summed E-state index contributed by atoms with van der Waals surface area (Å²) in [6, 6.07) is 11.8. The molecule has 0 aromatic heterocycles. The van der Waals surface area contributed by atoms with Crippen molar-refractivity contribution in [3.05, 3.63) is 68.7 Å². The van der Waals surface area contributed by atoms with E-state index in [0.717, 1.165) is 40.3 Å². The Labute approximate surface area is 193 Å². The third-order valence-electron chi connectivity index (χ3n) is 4.92. The first-order valence-electron chi connectivity index (χ1n) is 9.78. The highest BCUT2D eigenvalue weighted by Crippen LogP contribution is 2.37. The number of hydrogen-bond acceptors (Lipinski definition) is 3. The molecule has 3 rings (SSSR count). The molecule has 0 heterocycles. The third kappa shape index (κ3) is 7.53. The molecule has 0 fully saturated rings. The molecule has 2 aromatic carbocycles. The Bertz CT molecular complexity index is 809. The number of benzene rings is 2. The van der Waals surface area contributed by atoms with Gasteiger partial charge >= 0.3 is 0 Å². The van der Waals surface area contributed by atoms with Gasteiger partial charge in [0.15, 0.2) is 11.5 Å². The van der Waals surface area contributed by atoms with E-state index in [1.165, 1.54) is 31.2 Å². The molecule has 2 aromatic rings. The van der Waals surface area contributed by atoms with E-state index in [0.29, 0.717) is 12.4 Å². The monoisotopic (exact) mass is 499 g/mol. The lowest BCUT2D eigenvalue weighted by atomic mass is 9.97. The molecule has 0 aliphatic heterocycles. The number of rotatable bonds is 9. The minimum atomic E-state index is 0. The van der Waals surface area contributed by atoms with E-state index in [1.54, 1.807) is 12.7 Å². The van der Waals surface area contributed by atoms with E-state index in [4.69, 9.17) is 21.1 Å². The normalized spacial score (nSPS) is 13.4. The molecule has 0 atom stereocenters. The lowest BCUT2D eigenvalue weighted by Gasteiger charge is -2.16. The van der Waals surface area contributed by atoms with Crippen molar-refractivity contribution >= 4 is 39.9 Å². The van der Waals surface area contributed by atoms with Crippen LogP contribution in [0.2, 0.25) is 5.02 Å². The van der Waals surface area contributed by atoms with Crippen LogP contribution in [0.3, 0.4) is 0 Å². The molecule has 1 N–H and O–H groups in total. The first-order chi connectivity index (χ1) is 13.7. The fraction of sp³-hybridized carbons (Fsp3) is 0.391. The highest BCUT2D eigenvalue weighted by Gasteiger charge is 2.12. The first kappa shape index (κ1) is 24.1. The van der Waals surface area contributed by atoms with E-state index in [2.05, 4.69) is 33.4 Å². The van der Waals surface area contributed by atoms with Crippen LogP contribution in [-0.2, 0) is 13.2 Å². The van der Waals surface area contributed by atoms with Gasteiger partial charge in [0.25, 0.3) is 0 Å². The van der Waals surface area contributed by atoms with Crippen molar-refractivity contribution in [2.24, 2.45) is 0 Å². The van der Waals surface area contributed by atoms with Gasteiger partial charge in [0, 0.05) is 11.6 Å². The summed E-state index contributed by atoms with van der Waals surface area (Å²) in [4.78, 5) is 0. The lowest BCUT2D eigenvalue weighted by molar-refractivity contribution is 0.282. The van der Waals surface area contributed by atoms with Crippen LogP contribution in [-0.4, -0.2) is 13.7 Å². The van der Waals surface area contributed by atoms with Gasteiger partial charge in [-0.2, -0.15) is 0 Å². The van der Waals surface area contributed by atoms with Gasteiger partial charge in [-0.25, -0.2) is 0 Å². The Kier molecular flexibility index (Phi) is 10.4. The molecular weight excluding hydrogens is 473 g/mol. The third-order valence-corrected chi connectivity index (χ3v) is 5.76. The van der Waals surface area contributed by atoms with Gasteiger partial charge in [-0.1, -0.05) is 35.4 Å². The molecule has 6 heteroatoms. The summed E-state index contributed by atoms with van der Waals surface area (Å²) in [7, 11) is 1.67. The maximum absolute atomic E-state index is 6.00. The average Bonchev–Trinajstić information content (AvgIpc) is 2.72. The Balaban J connectivity index is 0.00000300. The summed E-state index contributed by atoms with van der Waals surface area (Å²) in [5, 5.41) is 4.26. The van der Waals surface area contributed by atoms with Crippen LogP contribution in [0.1, 0.15) is 43.2 Å². The molecule has 0 radical (unpaired) electrons. The van der Waals surface area contributed by atoms with Crippen LogP contribution in [0.4, 0.5) is 0 Å². The van der Waals surface area contributed by atoms with Crippen LogP contribution >= 0.6 is 39.9 Å². The number of ether oxygens (including phenoxy) is 2. The molecule has 158 valence electrons. The van der Waals surface area contributed by atoms with Crippen LogP contribution in [0, 0.1) is 0 Å². The van der Waals surface area contributed by atoms with Crippen LogP contribution in [0.15, 0.2) is 52.5 Å². The minimum absolute atomic E-state index is 0. The number of allylic oxidation sites excluding steroid dienone is 1. The van der Waals surface area contributed by atoms with Gasteiger partial charge in [-0.05, 0) is 90.0 Å². The quantitative estimate of drug-likeness (QED) is 0.294. The summed E-state index contributed by atoms with van der Waals surface area (Å²) in [5.41, 5.74) is 3.82. The Morgan fingerprint density at radius 3 is 2.59 bits per heavy atom. The van der Waals surface area contributed by atoms with Crippen molar-refractivity contribution < 1.29 is 9.47 Å². The summed E-state index contributed by atoms with van der Waals surface area (Å²) in [5.74, 6) is 1.45. The van der Waals surface area contributed by atoms with Crippen molar-refractivity contribution in [1.82, 2.24) is 5.32 Å². The van der Waals surface area contributed by atoms with E-state index < -0.39 is 0 Å². The van der Waals surface area contributed by atoms with Crippen LogP contribution < -0.4 is 14.8 Å². The smallest absolute Gasteiger partial charge is 0.175 e. The Morgan fingerprint density at radius 2 is 1.90 bits per heavy atom. The minimum Gasteiger partial charge on any atom is -0.493 e. The second-order valence-electron chi connectivity index (χ2n) is 7.06. The van der Waals surface area contributed by atoms with Crippen molar-refractivity contribution in [3.8, 4) is 11.5 Å². The van der Waals surface area contributed by atoms with Gasteiger partial charge in [-0.3, -0.25) is 0 Å². The van der Waals surface area contributed by atoms with Gasteiger partial charge in [0.1, 0.15) is 6.61 Å². The van der Waals surface area contributed by atoms with Gasteiger partial charge in [-0.15, -0.1) is 12.4 Å². The zero-order valence-corrected chi connectivity index (χ0v) is 19.8. The molecule has 0 bridgehead atoms. The predicted molar refractivity (Wildman–Crippen MR) is 127 cm³/mol. The molecule has 3 nitrogen and oxygen atoms in total. The van der Waals surface area contributed by atoms with E-state index in [1.807, 2.05) is 30.3 Å². The fourth-order valence-electron chi connectivity index (χ4n) is 3.36. The largest absolute Gasteiger partial charge is 0.493 e. The second-order valence-corrected chi connectivity index (χ2v) is 8.35. The molecule has 0 amide bonds. The SMILES string of the molecule is COc1cc(CNCCC2=CCCCC2)cc(Br)c1OCc1ccc(Cl)cc1.Cl. The Morgan fingerprint density at radius 1 is 1.10 bits per heavy atom. The number of hydrogen-bond donors (Lipinski definition) is 1. The van der Waals surface area contributed by atoms with E-state index in [9.17, 15) is 0 Å². The molecule has 1 aliphatic carbocycles. The average molecular weight is 501 g/mol.